The van der Waals surface area contributed by atoms with Crippen LogP contribution in [0.4, 0.5) is 4.39 Å². The zero-order valence-corrected chi connectivity index (χ0v) is 21.9. The number of hydrogen-bond acceptors (Lipinski definition) is 4. The highest BCUT2D eigenvalue weighted by molar-refractivity contribution is 7.10. The second-order valence-electron chi connectivity index (χ2n) is 9.44. The number of carbonyl (C=O) groups is 2. The molecule has 0 N–H and O–H groups in total. The van der Waals surface area contributed by atoms with Crippen LogP contribution in [0.1, 0.15) is 62.3 Å². The molecule has 0 atom stereocenters. The van der Waals surface area contributed by atoms with Gasteiger partial charge in [0.05, 0.1) is 6.42 Å². The number of rotatable bonds is 14. The summed E-state index contributed by atoms with van der Waals surface area (Å²) in [6.07, 6.45) is 8.23. The summed E-state index contributed by atoms with van der Waals surface area (Å²) in [5.41, 5.74) is 0.927. The van der Waals surface area contributed by atoms with E-state index in [4.69, 9.17) is 0 Å². The molecule has 3 rings (SSSR count). The Morgan fingerprint density at radius 2 is 1.69 bits per heavy atom. The Kier molecular flexibility index (Phi) is 11.7. The highest BCUT2D eigenvalue weighted by Crippen LogP contribution is 2.14. The number of carbonyl (C=O) groups excluding carboxylic acids is 2. The van der Waals surface area contributed by atoms with Crippen LogP contribution in [-0.2, 0) is 22.6 Å². The molecule has 0 bridgehead atoms. The lowest BCUT2D eigenvalue weighted by atomic mass is 10.1. The summed E-state index contributed by atoms with van der Waals surface area (Å²) >= 11 is 1.59. The molecule has 35 heavy (non-hydrogen) atoms. The van der Waals surface area contributed by atoms with Crippen LogP contribution in [-0.4, -0.2) is 65.8 Å². The fourth-order valence-corrected chi connectivity index (χ4v) is 5.17. The standard InChI is InChI=1S/C28H40FN3O2S/c1-2-3-4-5-6-7-10-27(33)31-18-15-30(16-19-31)17-20-32(23-24-11-13-25(29)14-12-24)28(34)22-26-9-8-21-35-26/h8-9,11-14,21H,2-7,10,15-20,22-23H2,1H3. The van der Waals surface area contributed by atoms with Crippen molar-refractivity contribution in [2.24, 2.45) is 0 Å². The van der Waals surface area contributed by atoms with Crippen molar-refractivity contribution in [2.45, 2.75) is 64.8 Å². The lowest BCUT2D eigenvalue weighted by molar-refractivity contribution is -0.133. The first-order valence-corrected chi connectivity index (χ1v) is 14.0. The van der Waals surface area contributed by atoms with Crippen LogP contribution >= 0.6 is 11.3 Å². The van der Waals surface area contributed by atoms with E-state index in [1.807, 2.05) is 27.3 Å². The van der Waals surface area contributed by atoms with Crippen molar-refractivity contribution < 1.29 is 14.0 Å². The van der Waals surface area contributed by atoms with Crippen molar-refractivity contribution in [3.63, 3.8) is 0 Å². The van der Waals surface area contributed by atoms with Crippen LogP contribution in [0.15, 0.2) is 41.8 Å². The maximum absolute atomic E-state index is 13.3. The van der Waals surface area contributed by atoms with E-state index < -0.39 is 0 Å². The minimum Gasteiger partial charge on any atom is -0.340 e. The number of nitrogens with zero attached hydrogens (tertiary/aromatic N) is 3. The maximum Gasteiger partial charge on any atom is 0.228 e. The topological polar surface area (TPSA) is 43.9 Å². The molecule has 2 heterocycles. The number of amides is 2. The van der Waals surface area contributed by atoms with Crippen LogP contribution in [0, 0.1) is 5.82 Å². The third-order valence-corrected chi connectivity index (χ3v) is 7.58. The Morgan fingerprint density at radius 1 is 0.971 bits per heavy atom. The van der Waals surface area contributed by atoms with E-state index in [2.05, 4.69) is 11.8 Å². The summed E-state index contributed by atoms with van der Waals surface area (Å²) in [5, 5.41) is 1.99. The van der Waals surface area contributed by atoms with Gasteiger partial charge >= 0.3 is 0 Å². The molecule has 2 amide bonds. The molecule has 192 valence electrons. The summed E-state index contributed by atoms with van der Waals surface area (Å²) in [4.78, 5) is 32.9. The van der Waals surface area contributed by atoms with E-state index in [1.165, 1.54) is 37.8 Å². The second kappa shape index (κ2) is 15.0. The summed E-state index contributed by atoms with van der Waals surface area (Å²) in [5.74, 6) is 0.0999. The molecule has 5 nitrogen and oxygen atoms in total. The van der Waals surface area contributed by atoms with E-state index in [0.717, 1.165) is 56.0 Å². The lowest BCUT2D eigenvalue weighted by Gasteiger charge is -2.36. The van der Waals surface area contributed by atoms with Gasteiger partial charge in [-0.05, 0) is 35.6 Å². The molecule has 0 radical (unpaired) electrons. The molecule has 1 aromatic carbocycles. The van der Waals surface area contributed by atoms with Gasteiger partial charge in [-0.25, -0.2) is 4.39 Å². The zero-order chi connectivity index (χ0) is 24.9. The summed E-state index contributed by atoms with van der Waals surface area (Å²) in [6, 6.07) is 10.3. The molecule has 0 saturated carbocycles. The van der Waals surface area contributed by atoms with Crippen LogP contribution in [0.2, 0.25) is 0 Å². The molecular weight excluding hydrogens is 461 g/mol. The third kappa shape index (κ3) is 9.73. The Morgan fingerprint density at radius 3 is 2.37 bits per heavy atom. The molecular formula is C28H40FN3O2S. The van der Waals surface area contributed by atoms with Gasteiger partial charge in [0.2, 0.25) is 11.8 Å². The van der Waals surface area contributed by atoms with E-state index in [1.54, 1.807) is 23.5 Å². The first kappa shape index (κ1) is 27.3. The average Bonchev–Trinajstić information content (AvgIpc) is 3.38. The molecule has 1 fully saturated rings. The first-order chi connectivity index (χ1) is 17.0. The van der Waals surface area contributed by atoms with Crippen molar-refractivity contribution >= 4 is 23.2 Å². The van der Waals surface area contributed by atoms with Gasteiger partial charge in [0.15, 0.2) is 0 Å². The number of hydrogen-bond donors (Lipinski definition) is 0. The van der Waals surface area contributed by atoms with Gasteiger partial charge in [0, 0.05) is 57.1 Å². The summed E-state index contributed by atoms with van der Waals surface area (Å²) in [6.45, 7) is 7.28. The normalized spacial score (nSPS) is 14.3. The number of thiophene rings is 1. The van der Waals surface area contributed by atoms with Crippen LogP contribution < -0.4 is 0 Å². The quantitative estimate of drug-likeness (QED) is 0.328. The number of halogens is 1. The van der Waals surface area contributed by atoms with Crippen molar-refractivity contribution in [3.05, 3.63) is 58.0 Å². The molecule has 2 aromatic rings. The highest BCUT2D eigenvalue weighted by Gasteiger charge is 2.22. The number of unbranched alkanes of at least 4 members (excludes halogenated alkanes) is 5. The Hall–Kier alpha value is -2.25. The first-order valence-electron chi connectivity index (χ1n) is 13.1. The predicted octanol–water partition coefficient (Wildman–Crippen LogP) is 5.35. The van der Waals surface area contributed by atoms with Gasteiger partial charge < -0.3 is 9.80 Å². The zero-order valence-electron chi connectivity index (χ0n) is 21.1. The molecule has 1 aliphatic rings. The van der Waals surface area contributed by atoms with Crippen molar-refractivity contribution in [1.82, 2.24) is 14.7 Å². The molecule has 0 spiro atoms. The van der Waals surface area contributed by atoms with E-state index >= 15 is 0 Å². The van der Waals surface area contributed by atoms with E-state index in [-0.39, 0.29) is 17.6 Å². The largest absolute Gasteiger partial charge is 0.340 e. The van der Waals surface area contributed by atoms with E-state index in [9.17, 15) is 14.0 Å². The Balaban J connectivity index is 1.43. The van der Waals surface area contributed by atoms with Crippen molar-refractivity contribution in [1.29, 1.82) is 0 Å². The Bertz CT molecular complexity index is 880. The average molecular weight is 502 g/mol. The van der Waals surface area contributed by atoms with Crippen molar-refractivity contribution in [2.75, 3.05) is 39.3 Å². The van der Waals surface area contributed by atoms with Gasteiger partial charge in [-0.1, -0.05) is 57.2 Å². The van der Waals surface area contributed by atoms with Gasteiger partial charge in [0.1, 0.15) is 5.82 Å². The fraction of sp³-hybridized carbons (Fsp3) is 0.571. The van der Waals surface area contributed by atoms with Crippen LogP contribution in [0.3, 0.4) is 0 Å². The van der Waals surface area contributed by atoms with Gasteiger partial charge in [-0.15, -0.1) is 11.3 Å². The molecule has 0 unspecified atom stereocenters. The molecule has 0 aliphatic carbocycles. The minimum atomic E-state index is -0.269. The maximum atomic E-state index is 13.3. The monoisotopic (exact) mass is 501 g/mol. The molecule has 1 aromatic heterocycles. The third-order valence-electron chi connectivity index (χ3n) is 6.70. The molecule has 7 heteroatoms. The molecule has 1 saturated heterocycles. The smallest absolute Gasteiger partial charge is 0.228 e. The van der Waals surface area contributed by atoms with Gasteiger partial charge in [-0.2, -0.15) is 0 Å². The Labute approximate surface area is 213 Å². The fourth-order valence-electron chi connectivity index (χ4n) is 4.47. The number of benzene rings is 1. The van der Waals surface area contributed by atoms with Crippen molar-refractivity contribution in [3.8, 4) is 0 Å². The highest BCUT2D eigenvalue weighted by atomic mass is 32.1. The number of piperazine rings is 1. The van der Waals surface area contributed by atoms with E-state index in [0.29, 0.717) is 25.9 Å². The van der Waals surface area contributed by atoms with Crippen LogP contribution in [0.25, 0.3) is 0 Å². The lowest BCUT2D eigenvalue weighted by Crippen LogP contribution is -2.50. The molecule has 1 aliphatic heterocycles. The summed E-state index contributed by atoms with van der Waals surface area (Å²) in [7, 11) is 0. The van der Waals surface area contributed by atoms with Gasteiger partial charge in [-0.3, -0.25) is 14.5 Å². The second-order valence-corrected chi connectivity index (χ2v) is 10.5. The van der Waals surface area contributed by atoms with Crippen LogP contribution in [0.5, 0.6) is 0 Å². The predicted molar refractivity (Wildman–Crippen MR) is 141 cm³/mol. The minimum absolute atomic E-state index is 0.0875. The SMILES string of the molecule is CCCCCCCCC(=O)N1CCN(CCN(Cc2ccc(F)cc2)C(=O)Cc2cccs2)CC1. The van der Waals surface area contributed by atoms with Gasteiger partial charge in [0.25, 0.3) is 0 Å². The summed E-state index contributed by atoms with van der Waals surface area (Å²) < 4.78 is 13.3.